The molecule has 1 atom stereocenters. The van der Waals surface area contributed by atoms with Crippen molar-refractivity contribution in [1.82, 2.24) is 9.97 Å². The van der Waals surface area contributed by atoms with Crippen LogP contribution in [0.5, 0.6) is 0 Å². The van der Waals surface area contributed by atoms with E-state index in [1.165, 1.54) is 18.9 Å². The topological polar surface area (TPSA) is 81.2 Å². The lowest BCUT2D eigenvalue weighted by Gasteiger charge is -2.12. The van der Waals surface area contributed by atoms with Gasteiger partial charge >= 0.3 is 5.97 Å². The Morgan fingerprint density at radius 2 is 1.71 bits per heavy atom. The van der Waals surface area contributed by atoms with Crippen LogP contribution in [0.15, 0.2) is 35.5 Å². The van der Waals surface area contributed by atoms with E-state index in [1.807, 2.05) is 19.9 Å². The molecule has 1 amide bonds. The maximum Gasteiger partial charge on any atom is 0.337 e. The van der Waals surface area contributed by atoms with Gasteiger partial charge in [-0.3, -0.25) is 4.79 Å². The van der Waals surface area contributed by atoms with Crippen LogP contribution in [0.2, 0.25) is 0 Å². The number of anilines is 1. The molecule has 0 fully saturated rings. The van der Waals surface area contributed by atoms with E-state index in [-0.39, 0.29) is 11.2 Å². The summed E-state index contributed by atoms with van der Waals surface area (Å²) in [6.07, 6.45) is 0. The number of methoxy groups -OCH3 is 1. The molecule has 0 saturated heterocycles. The number of carbonyl (C=O) groups is 2. The molecule has 24 heavy (non-hydrogen) atoms. The third-order valence-corrected chi connectivity index (χ3v) is 4.15. The van der Waals surface area contributed by atoms with Gasteiger partial charge in [-0.25, -0.2) is 14.8 Å². The summed E-state index contributed by atoms with van der Waals surface area (Å²) in [5.41, 5.74) is 2.79. The summed E-state index contributed by atoms with van der Waals surface area (Å²) in [4.78, 5) is 32.3. The van der Waals surface area contributed by atoms with Gasteiger partial charge in [0.2, 0.25) is 5.91 Å². The number of nitrogens with one attached hydrogen (secondary N) is 1. The Morgan fingerprint density at radius 3 is 2.25 bits per heavy atom. The molecule has 1 aromatic carbocycles. The number of ether oxygens (including phenoxy) is 1. The number of thioether (sulfide) groups is 1. The number of rotatable bonds is 5. The SMILES string of the molecule is COC(=O)c1ccc(NC(=O)[C@@H](C)Sc2nc(C)cc(C)n2)cc1. The smallest absolute Gasteiger partial charge is 0.337 e. The van der Waals surface area contributed by atoms with Crippen LogP contribution in [0.25, 0.3) is 0 Å². The van der Waals surface area contributed by atoms with Crippen molar-refractivity contribution in [3.63, 3.8) is 0 Å². The zero-order valence-electron chi connectivity index (χ0n) is 14.0. The van der Waals surface area contributed by atoms with E-state index in [1.54, 1.807) is 31.2 Å². The first-order valence-corrected chi connectivity index (χ1v) is 8.25. The minimum absolute atomic E-state index is 0.159. The van der Waals surface area contributed by atoms with Crippen molar-refractivity contribution in [3.8, 4) is 0 Å². The van der Waals surface area contributed by atoms with Crippen molar-refractivity contribution in [2.24, 2.45) is 0 Å². The fraction of sp³-hybridized carbons (Fsp3) is 0.294. The average molecular weight is 345 g/mol. The first-order chi connectivity index (χ1) is 11.4. The third kappa shape index (κ3) is 4.79. The summed E-state index contributed by atoms with van der Waals surface area (Å²) in [5.74, 6) is -0.572. The van der Waals surface area contributed by atoms with Gasteiger partial charge in [0, 0.05) is 17.1 Å². The number of amides is 1. The van der Waals surface area contributed by atoms with Crippen molar-refractivity contribution < 1.29 is 14.3 Å². The van der Waals surface area contributed by atoms with E-state index >= 15 is 0 Å². The highest BCUT2D eigenvalue weighted by Gasteiger charge is 2.17. The van der Waals surface area contributed by atoms with Crippen LogP contribution in [-0.4, -0.2) is 34.2 Å². The number of aromatic nitrogens is 2. The normalized spacial score (nSPS) is 11.7. The first-order valence-electron chi connectivity index (χ1n) is 7.37. The Hall–Kier alpha value is -2.41. The maximum atomic E-state index is 12.3. The highest BCUT2D eigenvalue weighted by atomic mass is 32.2. The van der Waals surface area contributed by atoms with Crippen molar-refractivity contribution >= 4 is 29.3 Å². The zero-order chi connectivity index (χ0) is 17.7. The Morgan fingerprint density at radius 1 is 1.12 bits per heavy atom. The highest BCUT2D eigenvalue weighted by molar-refractivity contribution is 8.00. The standard InChI is InChI=1S/C17H19N3O3S/c1-10-9-11(2)19-17(18-10)24-12(3)15(21)20-14-7-5-13(6-8-14)16(22)23-4/h5-9,12H,1-4H3,(H,20,21)/t12-/m1/s1. The lowest BCUT2D eigenvalue weighted by atomic mass is 10.2. The minimum atomic E-state index is -0.413. The molecule has 0 bridgehead atoms. The molecule has 1 aromatic heterocycles. The van der Waals surface area contributed by atoms with E-state index in [0.717, 1.165) is 11.4 Å². The van der Waals surface area contributed by atoms with Gasteiger partial charge in [0.25, 0.3) is 0 Å². The van der Waals surface area contributed by atoms with Crippen LogP contribution in [0.1, 0.15) is 28.7 Å². The number of benzene rings is 1. The lowest BCUT2D eigenvalue weighted by molar-refractivity contribution is -0.115. The number of carbonyl (C=O) groups excluding carboxylic acids is 2. The number of hydrogen-bond acceptors (Lipinski definition) is 6. The van der Waals surface area contributed by atoms with Crippen LogP contribution in [-0.2, 0) is 9.53 Å². The van der Waals surface area contributed by atoms with Crippen molar-refractivity contribution in [2.75, 3.05) is 12.4 Å². The first kappa shape index (κ1) is 17.9. The van der Waals surface area contributed by atoms with E-state index in [9.17, 15) is 9.59 Å². The van der Waals surface area contributed by atoms with Gasteiger partial charge in [-0.05, 0) is 51.1 Å². The Bertz CT molecular complexity index is 727. The highest BCUT2D eigenvalue weighted by Crippen LogP contribution is 2.21. The molecule has 0 aliphatic heterocycles. The third-order valence-electron chi connectivity index (χ3n) is 3.19. The molecule has 6 nitrogen and oxygen atoms in total. The molecule has 126 valence electrons. The van der Waals surface area contributed by atoms with Gasteiger partial charge in [-0.15, -0.1) is 0 Å². The second kappa shape index (κ2) is 7.92. The molecular formula is C17H19N3O3S. The van der Waals surface area contributed by atoms with Gasteiger partial charge in [0.05, 0.1) is 17.9 Å². The van der Waals surface area contributed by atoms with E-state index in [0.29, 0.717) is 16.4 Å². The number of nitrogens with zero attached hydrogens (tertiary/aromatic N) is 2. The minimum Gasteiger partial charge on any atom is -0.465 e. The van der Waals surface area contributed by atoms with E-state index in [2.05, 4.69) is 20.0 Å². The summed E-state index contributed by atoms with van der Waals surface area (Å²) < 4.78 is 4.64. The van der Waals surface area contributed by atoms with Crippen LogP contribution in [0, 0.1) is 13.8 Å². The van der Waals surface area contributed by atoms with Crippen molar-refractivity contribution in [2.45, 2.75) is 31.2 Å². The van der Waals surface area contributed by atoms with Crippen molar-refractivity contribution in [1.29, 1.82) is 0 Å². The van der Waals surface area contributed by atoms with E-state index in [4.69, 9.17) is 0 Å². The molecule has 7 heteroatoms. The monoisotopic (exact) mass is 345 g/mol. The number of hydrogen-bond donors (Lipinski definition) is 1. The Labute approximate surface area is 145 Å². The van der Waals surface area contributed by atoms with Crippen LogP contribution in [0.4, 0.5) is 5.69 Å². The summed E-state index contributed by atoms with van der Waals surface area (Å²) in [7, 11) is 1.33. The van der Waals surface area contributed by atoms with Gasteiger partial charge < -0.3 is 10.1 Å². The second-order valence-corrected chi connectivity index (χ2v) is 6.56. The average Bonchev–Trinajstić information content (AvgIpc) is 2.53. The van der Waals surface area contributed by atoms with Crippen LogP contribution in [0.3, 0.4) is 0 Å². The molecule has 0 unspecified atom stereocenters. The predicted molar refractivity (Wildman–Crippen MR) is 93.2 cm³/mol. The number of esters is 1. The molecule has 2 rings (SSSR count). The largest absolute Gasteiger partial charge is 0.465 e. The molecule has 0 spiro atoms. The quantitative estimate of drug-likeness (QED) is 0.510. The molecular weight excluding hydrogens is 326 g/mol. The fourth-order valence-electron chi connectivity index (χ4n) is 2.01. The summed E-state index contributed by atoms with van der Waals surface area (Å²) in [6, 6.07) is 8.42. The van der Waals surface area contributed by atoms with Crippen LogP contribution < -0.4 is 5.32 Å². The fourth-order valence-corrected chi connectivity index (χ4v) is 2.88. The Balaban J connectivity index is 1.99. The zero-order valence-corrected chi connectivity index (χ0v) is 14.8. The predicted octanol–water partition coefficient (Wildman–Crippen LogP) is 3.00. The number of aryl methyl sites for hydroxylation is 2. The Kier molecular flexibility index (Phi) is 5.92. The van der Waals surface area contributed by atoms with Gasteiger partial charge in [0.15, 0.2) is 5.16 Å². The molecule has 0 radical (unpaired) electrons. The molecule has 1 heterocycles. The maximum absolute atomic E-state index is 12.3. The van der Waals surface area contributed by atoms with Gasteiger partial charge in [0.1, 0.15) is 0 Å². The molecule has 0 saturated carbocycles. The van der Waals surface area contributed by atoms with Crippen molar-refractivity contribution in [3.05, 3.63) is 47.3 Å². The molecule has 2 aromatic rings. The van der Waals surface area contributed by atoms with Crippen LogP contribution >= 0.6 is 11.8 Å². The summed E-state index contributed by atoms with van der Waals surface area (Å²) >= 11 is 1.30. The van der Waals surface area contributed by atoms with Gasteiger partial charge in [-0.2, -0.15) is 0 Å². The second-order valence-electron chi connectivity index (χ2n) is 5.25. The summed E-state index contributed by atoms with van der Waals surface area (Å²) in [6.45, 7) is 5.59. The molecule has 1 N–H and O–H groups in total. The molecule has 0 aliphatic carbocycles. The summed E-state index contributed by atoms with van der Waals surface area (Å²) in [5, 5.41) is 3.03. The molecule has 0 aliphatic rings. The lowest BCUT2D eigenvalue weighted by Crippen LogP contribution is -2.22. The van der Waals surface area contributed by atoms with Gasteiger partial charge in [-0.1, -0.05) is 11.8 Å². The van der Waals surface area contributed by atoms with E-state index < -0.39 is 5.97 Å².